The first-order valence-corrected chi connectivity index (χ1v) is 7.70. The first-order valence-electron chi connectivity index (χ1n) is 6.50. The number of primary amides is 1. The van der Waals surface area contributed by atoms with Crippen molar-refractivity contribution in [3.63, 3.8) is 0 Å². The van der Waals surface area contributed by atoms with Crippen molar-refractivity contribution in [2.24, 2.45) is 11.7 Å². The van der Waals surface area contributed by atoms with Crippen molar-refractivity contribution in [2.45, 2.75) is 25.8 Å². The average Bonchev–Trinajstić information content (AvgIpc) is 2.82. The second-order valence-corrected chi connectivity index (χ2v) is 6.74. The number of nitrogens with zero attached hydrogens (tertiary/aromatic N) is 1. The van der Waals surface area contributed by atoms with E-state index in [-0.39, 0.29) is 23.8 Å². The molecule has 0 saturated carbocycles. The summed E-state index contributed by atoms with van der Waals surface area (Å²) in [6.45, 7) is 2.40. The highest BCUT2D eigenvalue weighted by Crippen LogP contribution is 2.24. The normalized spacial score (nSPS) is 23.2. The molecule has 0 aliphatic carbocycles. The second kappa shape index (κ2) is 6.41. The zero-order chi connectivity index (χ0) is 14.7. The number of hydrogen-bond donors (Lipinski definition) is 1. The summed E-state index contributed by atoms with van der Waals surface area (Å²) in [4.78, 5) is 26.1. The van der Waals surface area contributed by atoms with Gasteiger partial charge in [0.05, 0.1) is 10.3 Å². The highest BCUT2D eigenvalue weighted by atomic mass is 35.5. The van der Waals surface area contributed by atoms with Crippen molar-refractivity contribution in [1.29, 1.82) is 0 Å². The van der Waals surface area contributed by atoms with Crippen molar-refractivity contribution >= 4 is 40.8 Å². The molecule has 2 unspecified atom stereocenters. The molecule has 1 aromatic heterocycles. The molecule has 1 aliphatic rings. The van der Waals surface area contributed by atoms with Crippen LogP contribution in [0.25, 0.3) is 6.08 Å². The second-order valence-electron chi connectivity index (χ2n) is 4.99. The smallest absolute Gasteiger partial charge is 0.246 e. The third-order valence-electron chi connectivity index (χ3n) is 3.55. The Morgan fingerprint density at radius 1 is 1.45 bits per heavy atom. The lowest BCUT2D eigenvalue weighted by Gasteiger charge is -2.36. The van der Waals surface area contributed by atoms with Gasteiger partial charge in [0, 0.05) is 23.5 Å². The van der Waals surface area contributed by atoms with E-state index in [1.807, 2.05) is 13.0 Å². The molecule has 108 valence electrons. The van der Waals surface area contributed by atoms with Gasteiger partial charge in [-0.05, 0) is 38.0 Å². The third-order valence-corrected chi connectivity index (χ3v) is 4.75. The van der Waals surface area contributed by atoms with E-state index in [1.54, 1.807) is 17.0 Å². The molecular formula is C14H17ClN2O2S. The lowest BCUT2D eigenvalue weighted by Crippen LogP contribution is -2.48. The van der Waals surface area contributed by atoms with E-state index < -0.39 is 0 Å². The van der Waals surface area contributed by atoms with Crippen LogP contribution in [0.15, 0.2) is 18.2 Å². The summed E-state index contributed by atoms with van der Waals surface area (Å²) in [7, 11) is 0. The quantitative estimate of drug-likeness (QED) is 0.872. The summed E-state index contributed by atoms with van der Waals surface area (Å²) in [6.07, 6.45) is 4.84. The van der Waals surface area contributed by atoms with Crippen LogP contribution < -0.4 is 5.73 Å². The number of rotatable bonds is 3. The van der Waals surface area contributed by atoms with Crippen LogP contribution in [0.2, 0.25) is 4.34 Å². The van der Waals surface area contributed by atoms with E-state index >= 15 is 0 Å². The van der Waals surface area contributed by atoms with Crippen LogP contribution >= 0.6 is 22.9 Å². The minimum Gasteiger partial charge on any atom is -0.369 e. The Morgan fingerprint density at radius 3 is 2.80 bits per heavy atom. The summed E-state index contributed by atoms with van der Waals surface area (Å²) < 4.78 is 0.692. The van der Waals surface area contributed by atoms with Gasteiger partial charge in [0.2, 0.25) is 11.8 Å². The summed E-state index contributed by atoms with van der Waals surface area (Å²) in [6, 6.07) is 3.79. The van der Waals surface area contributed by atoms with E-state index in [0.717, 1.165) is 17.7 Å². The van der Waals surface area contributed by atoms with Gasteiger partial charge in [0.25, 0.3) is 0 Å². The van der Waals surface area contributed by atoms with Crippen molar-refractivity contribution in [3.05, 3.63) is 27.4 Å². The Morgan fingerprint density at radius 2 is 2.20 bits per heavy atom. The lowest BCUT2D eigenvalue weighted by molar-refractivity contribution is -0.133. The van der Waals surface area contributed by atoms with Gasteiger partial charge in [0.1, 0.15) is 0 Å². The summed E-state index contributed by atoms with van der Waals surface area (Å²) in [5.41, 5.74) is 5.33. The predicted molar refractivity (Wildman–Crippen MR) is 81.5 cm³/mol. The zero-order valence-electron chi connectivity index (χ0n) is 11.2. The van der Waals surface area contributed by atoms with E-state index in [2.05, 4.69) is 0 Å². The molecule has 2 rings (SSSR count). The lowest BCUT2D eigenvalue weighted by atomic mass is 9.93. The first-order chi connectivity index (χ1) is 9.47. The maximum atomic E-state index is 12.2. The van der Waals surface area contributed by atoms with Crippen molar-refractivity contribution < 1.29 is 9.59 Å². The zero-order valence-corrected chi connectivity index (χ0v) is 12.8. The van der Waals surface area contributed by atoms with Gasteiger partial charge in [-0.1, -0.05) is 11.6 Å². The van der Waals surface area contributed by atoms with Gasteiger partial charge in [-0.25, -0.2) is 0 Å². The number of hydrogen-bond acceptors (Lipinski definition) is 3. The van der Waals surface area contributed by atoms with Crippen LogP contribution in [0.3, 0.4) is 0 Å². The van der Waals surface area contributed by atoms with E-state index in [4.69, 9.17) is 17.3 Å². The minimum atomic E-state index is -0.330. The summed E-state index contributed by atoms with van der Waals surface area (Å²) >= 11 is 7.26. The molecule has 2 heterocycles. The topological polar surface area (TPSA) is 63.4 Å². The molecular weight excluding hydrogens is 296 g/mol. The molecule has 2 amide bonds. The van der Waals surface area contributed by atoms with E-state index in [0.29, 0.717) is 10.9 Å². The summed E-state index contributed by atoms with van der Waals surface area (Å²) in [5, 5.41) is 0. The molecule has 0 aromatic carbocycles. The number of carbonyl (C=O) groups excluding carboxylic acids is 2. The highest BCUT2D eigenvalue weighted by molar-refractivity contribution is 7.17. The maximum absolute atomic E-state index is 12.2. The molecule has 0 spiro atoms. The third kappa shape index (κ3) is 3.61. The van der Waals surface area contributed by atoms with Gasteiger partial charge in [0.15, 0.2) is 0 Å². The number of carbonyl (C=O) groups is 2. The Bertz CT molecular complexity index is 541. The van der Waals surface area contributed by atoms with Crippen LogP contribution in [0.4, 0.5) is 0 Å². The van der Waals surface area contributed by atoms with Crippen LogP contribution in [-0.2, 0) is 9.59 Å². The van der Waals surface area contributed by atoms with Crippen LogP contribution in [0.1, 0.15) is 24.6 Å². The number of halogens is 1. The fourth-order valence-electron chi connectivity index (χ4n) is 2.31. The molecule has 1 saturated heterocycles. The Kier molecular flexibility index (Phi) is 4.83. The number of amides is 2. The molecule has 0 bridgehead atoms. The van der Waals surface area contributed by atoms with Gasteiger partial charge in [-0.3, -0.25) is 9.59 Å². The molecule has 1 aromatic rings. The van der Waals surface area contributed by atoms with Crippen LogP contribution in [-0.4, -0.2) is 29.3 Å². The fraction of sp³-hybridized carbons (Fsp3) is 0.429. The molecule has 1 fully saturated rings. The maximum Gasteiger partial charge on any atom is 0.246 e. The Balaban J connectivity index is 2.03. The fourth-order valence-corrected chi connectivity index (χ4v) is 3.28. The molecule has 20 heavy (non-hydrogen) atoms. The monoisotopic (exact) mass is 312 g/mol. The number of nitrogens with two attached hydrogens (primary N) is 1. The van der Waals surface area contributed by atoms with Crippen molar-refractivity contribution in [1.82, 2.24) is 4.90 Å². The number of likely N-dealkylation sites (tertiary alicyclic amines) is 1. The molecule has 2 N–H and O–H groups in total. The van der Waals surface area contributed by atoms with Gasteiger partial charge < -0.3 is 10.6 Å². The van der Waals surface area contributed by atoms with Gasteiger partial charge in [-0.2, -0.15) is 0 Å². The van der Waals surface area contributed by atoms with Crippen LogP contribution in [0.5, 0.6) is 0 Å². The average molecular weight is 313 g/mol. The van der Waals surface area contributed by atoms with Gasteiger partial charge >= 0.3 is 0 Å². The number of thiophene rings is 1. The standard InChI is InChI=1S/C14H17ClN2O2S/c1-9-2-3-10(14(16)19)8-17(9)13(18)7-5-11-4-6-12(15)20-11/h4-7,9-10H,2-3,8H2,1H3,(H2,16,19)/b7-5+. The SMILES string of the molecule is CC1CCC(C(N)=O)CN1C(=O)/C=C/c1ccc(Cl)s1. The molecule has 1 aliphatic heterocycles. The van der Waals surface area contributed by atoms with Gasteiger partial charge in [-0.15, -0.1) is 11.3 Å². The van der Waals surface area contributed by atoms with E-state index in [9.17, 15) is 9.59 Å². The molecule has 2 atom stereocenters. The van der Waals surface area contributed by atoms with Crippen molar-refractivity contribution in [2.75, 3.05) is 6.54 Å². The molecule has 0 radical (unpaired) electrons. The highest BCUT2D eigenvalue weighted by Gasteiger charge is 2.30. The largest absolute Gasteiger partial charge is 0.369 e. The predicted octanol–water partition coefficient (Wildman–Crippen LogP) is 2.53. The number of piperidine rings is 1. The van der Waals surface area contributed by atoms with Crippen molar-refractivity contribution in [3.8, 4) is 0 Å². The van der Waals surface area contributed by atoms with E-state index in [1.165, 1.54) is 17.4 Å². The minimum absolute atomic E-state index is 0.0898. The Labute approximate surface area is 127 Å². The first kappa shape index (κ1) is 15.1. The Hall–Kier alpha value is -1.33. The summed E-state index contributed by atoms with van der Waals surface area (Å²) in [5.74, 6) is -0.656. The molecule has 6 heteroatoms. The molecule has 4 nitrogen and oxygen atoms in total. The van der Waals surface area contributed by atoms with Crippen LogP contribution in [0, 0.1) is 5.92 Å².